The lowest BCUT2D eigenvalue weighted by atomic mass is 9.94. The molecule has 2 aromatic carbocycles. The summed E-state index contributed by atoms with van der Waals surface area (Å²) in [6.45, 7) is 4.47. The number of phenols is 1. The van der Waals surface area contributed by atoms with E-state index in [0.717, 1.165) is 18.2 Å². The highest BCUT2D eigenvalue weighted by Gasteiger charge is 2.09. The third-order valence-electron chi connectivity index (χ3n) is 4.29. The summed E-state index contributed by atoms with van der Waals surface area (Å²) >= 11 is 0. The van der Waals surface area contributed by atoms with Gasteiger partial charge in [0.1, 0.15) is 5.75 Å². The van der Waals surface area contributed by atoms with E-state index in [0.29, 0.717) is 5.75 Å². The van der Waals surface area contributed by atoms with E-state index in [1.807, 2.05) is 6.07 Å². The summed E-state index contributed by atoms with van der Waals surface area (Å²) in [5.41, 5.74) is 2.68. The summed E-state index contributed by atoms with van der Waals surface area (Å²) in [6.07, 6.45) is 9.63. The van der Waals surface area contributed by atoms with Crippen LogP contribution in [-0.4, -0.2) is 5.11 Å². The minimum Gasteiger partial charge on any atom is -0.507 e. The lowest BCUT2D eigenvalue weighted by molar-refractivity contribution is 0.481. The van der Waals surface area contributed by atoms with E-state index in [9.17, 15) is 5.11 Å². The van der Waals surface area contributed by atoms with E-state index >= 15 is 0 Å². The lowest BCUT2D eigenvalue weighted by Crippen LogP contribution is -1.93. The van der Waals surface area contributed by atoms with E-state index in [-0.39, 0.29) is 0 Å². The van der Waals surface area contributed by atoms with Crippen LogP contribution < -0.4 is 0 Å². The van der Waals surface area contributed by atoms with Gasteiger partial charge in [-0.1, -0.05) is 63.8 Å². The van der Waals surface area contributed by atoms with Crippen LogP contribution in [0, 0.1) is 0 Å². The van der Waals surface area contributed by atoms with Crippen molar-refractivity contribution in [3.05, 3.63) is 41.5 Å². The Morgan fingerprint density at radius 3 is 2.10 bits per heavy atom. The van der Waals surface area contributed by atoms with Crippen LogP contribution >= 0.6 is 0 Å². The smallest absolute Gasteiger partial charge is 0.123 e. The van der Waals surface area contributed by atoms with Crippen molar-refractivity contribution in [1.82, 2.24) is 0 Å². The van der Waals surface area contributed by atoms with Gasteiger partial charge in [0.2, 0.25) is 0 Å². The molecule has 0 bridgehead atoms. The van der Waals surface area contributed by atoms with Crippen molar-refractivity contribution in [3.63, 3.8) is 0 Å². The molecule has 0 saturated carbocycles. The Kier molecular flexibility index (Phi) is 6.10. The van der Waals surface area contributed by atoms with Crippen LogP contribution in [0.15, 0.2) is 30.3 Å². The summed E-state index contributed by atoms with van der Waals surface area (Å²) in [4.78, 5) is 0. The van der Waals surface area contributed by atoms with Gasteiger partial charge >= 0.3 is 0 Å². The van der Waals surface area contributed by atoms with Gasteiger partial charge < -0.3 is 5.11 Å². The largest absolute Gasteiger partial charge is 0.507 e. The zero-order valence-corrected chi connectivity index (χ0v) is 13.5. The fourth-order valence-corrected chi connectivity index (χ4v) is 3.08. The number of unbranched alkanes of at least 4 members (excludes halogenated alkanes) is 4. The van der Waals surface area contributed by atoms with E-state index in [4.69, 9.17) is 0 Å². The second-order valence-corrected chi connectivity index (χ2v) is 6.00. The molecule has 2 rings (SSSR count). The number of rotatable bonds is 8. The maximum atomic E-state index is 10.3. The Morgan fingerprint density at radius 1 is 0.762 bits per heavy atom. The summed E-state index contributed by atoms with van der Waals surface area (Å²) < 4.78 is 0. The molecule has 0 fully saturated rings. The minimum atomic E-state index is 0.441. The highest BCUT2D eigenvalue weighted by atomic mass is 16.3. The number of hydrogen-bond acceptors (Lipinski definition) is 1. The van der Waals surface area contributed by atoms with Crippen molar-refractivity contribution >= 4 is 10.8 Å². The van der Waals surface area contributed by atoms with Gasteiger partial charge in [0.05, 0.1) is 0 Å². The number of hydrogen-bond donors (Lipinski definition) is 1. The van der Waals surface area contributed by atoms with E-state index in [1.54, 1.807) is 0 Å². The molecule has 21 heavy (non-hydrogen) atoms. The number of fused-ring (bicyclic) bond motifs is 1. The maximum Gasteiger partial charge on any atom is 0.123 e. The molecule has 0 aliphatic rings. The topological polar surface area (TPSA) is 20.2 Å². The van der Waals surface area contributed by atoms with Gasteiger partial charge in [0.25, 0.3) is 0 Å². The predicted molar refractivity (Wildman–Crippen MR) is 92.1 cm³/mol. The average Bonchev–Trinajstić information content (AvgIpc) is 2.50. The van der Waals surface area contributed by atoms with Gasteiger partial charge in [-0.25, -0.2) is 0 Å². The first-order chi connectivity index (χ1) is 10.3. The standard InChI is InChI=1S/C20H28O/c1-3-5-7-10-16-14-15-19(21)20-17(11-8-6-4-2)12-9-13-18(16)20/h9,12-15,21H,3-8,10-11H2,1-2H3. The first kappa shape index (κ1) is 15.9. The quantitative estimate of drug-likeness (QED) is 0.588. The van der Waals surface area contributed by atoms with Crippen molar-refractivity contribution in [2.75, 3.05) is 0 Å². The molecule has 114 valence electrons. The predicted octanol–water partition coefficient (Wildman–Crippen LogP) is 6.01. The maximum absolute atomic E-state index is 10.3. The summed E-state index contributed by atoms with van der Waals surface area (Å²) in [6, 6.07) is 10.5. The summed E-state index contributed by atoms with van der Waals surface area (Å²) in [7, 11) is 0. The Balaban J connectivity index is 2.32. The van der Waals surface area contributed by atoms with Crippen molar-refractivity contribution in [2.45, 2.75) is 65.2 Å². The molecular weight excluding hydrogens is 256 g/mol. The molecule has 1 N–H and O–H groups in total. The number of benzene rings is 2. The third-order valence-corrected chi connectivity index (χ3v) is 4.29. The van der Waals surface area contributed by atoms with Crippen molar-refractivity contribution in [3.8, 4) is 5.75 Å². The van der Waals surface area contributed by atoms with Crippen LogP contribution in [-0.2, 0) is 12.8 Å². The molecule has 0 aliphatic carbocycles. The molecule has 1 nitrogen and oxygen atoms in total. The monoisotopic (exact) mass is 284 g/mol. The Labute approximate surface area is 129 Å². The lowest BCUT2D eigenvalue weighted by Gasteiger charge is -2.12. The van der Waals surface area contributed by atoms with E-state index < -0.39 is 0 Å². The van der Waals surface area contributed by atoms with Crippen LogP contribution in [0.25, 0.3) is 10.8 Å². The summed E-state index contributed by atoms with van der Waals surface area (Å²) in [5.74, 6) is 0.441. The zero-order chi connectivity index (χ0) is 15.1. The van der Waals surface area contributed by atoms with Crippen molar-refractivity contribution < 1.29 is 5.11 Å². The van der Waals surface area contributed by atoms with Gasteiger partial charge in [-0.05, 0) is 48.3 Å². The SMILES string of the molecule is CCCCCc1ccc(O)c2c(CCCCC)cccc12. The normalized spacial score (nSPS) is 11.1. The first-order valence-corrected chi connectivity index (χ1v) is 8.50. The molecule has 0 atom stereocenters. The molecule has 0 spiro atoms. The fraction of sp³-hybridized carbons (Fsp3) is 0.500. The molecule has 0 radical (unpaired) electrons. The minimum absolute atomic E-state index is 0.441. The third kappa shape index (κ3) is 4.00. The van der Waals surface area contributed by atoms with Gasteiger partial charge in [-0.15, -0.1) is 0 Å². The number of aromatic hydroxyl groups is 1. The molecule has 0 saturated heterocycles. The molecule has 0 unspecified atom stereocenters. The average molecular weight is 284 g/mol. The van der Waals surface area contributed by atoms with Gasteiger partial charge in [0, 0.05) is 5.39 Å². The van der Waals surface area contributed by atoms with Crippen LogP contribution in [0.5, 0.6) is 5.75 Å². The molecule has 1 heteroatoms. The second-order valence-electron chi connectivity index (χ2n) is 6.00. The number of phenolic OH excluding ortho intramolecular Hbond substituents is 1. The molecular formula is C20H28O. The Morgan fingerprint density at radius 2 is 1.43 bits per heavy atom. The van der Waals surface area contributed by atoms with Crippen molar-refractivity contribution in [1.29, 1.82) is 0 Å². The summed E-state index contributed by atoms with van der Waals surface area (Å²) in [5, 5.41) is 12.6. The Bertz CT molecular complexity index is 571. The highest BCUT2D eigenvalue weighted by Crippen LogP contribution is 2.32. The first-order valence-electron chi connectivity index (χ1n) is 8.50. The van der Waals surface area contributed by atoms with Gasteiger partial charge in [0.15, 0.2) is 0 Å². The number of aryl methyl sites for hydroxylation is 2. The highest BCUT2D eigenvalue weighted by molar-refractivity contribution is 5.93. The molecule has 0 aromatic heterocycles. The van der Waals surface area contributed by atoms with Gasteiger partial charge in [-0.2, -0.15) is 0 Å². The van der Waals surface area contributed by atoms with Gasteiger partial charge in [-0.3, -0.25) is 0 Å². The van der Waals surface area contributed by atoms with Crippen molar-refractivity contribution in [2.24, 2.45) is 0 Å². The molecule has 0 amide bonds. The fourth-order valence-electron chi connectivity index (χ4n) is 3.08. The van der Waals surface area contributed by atoms with Crippen LogP contribution in [0.1, 0.15) is 63.5 Å². The van der Waals surface area contributed by atoms with E-state index in [2.05, 4.69) is 38.1 Å². The van der Waals surface area contributed by atoms with Crippen LogP contribution in [0.4, 0.5) is 0 Å². The van der Waals surface area contributed by atoms with Crippen LogP contribution in [0.2, 0.25) is 0 Å². The second kappa shape index (κ2) is 8.07. The molecule has 0 aliphatic heterocycles. The van der Waals surface area contributed by atoms with Crippen LogP contribution in [0.3, 0.4) is 0 Å². The Hall–Kier alpha value is -1.50. The molecule has 0 heterocycles. The zero-order valence-electron chi connectivity index (χ0n) is 13.5. The van der Waals surface area contributed by atoms with E-state index in [1.165, 1.54) is 55.0 Å². The molecule has 2 aromatic rings.